The molecule has 1 fully saturated rings. The van der Waals surface area contributed by atoms with Gasteiger partial charge >= 0.3 is 87.2 Å². The summed E-state index contributed by atoms with van der Waals surface area (Å²) in [5.41, 5.74) is -5.18. The molecule has 0 aromatic heterocycles. The monoisotopic (exact) mass is 265 g/mol. The van der Waals surface area contributed by atoms with Crippen LogP contribution in [-0.4, -0.2) is 39.2 Å². The molecule has 0 spiro atoms. The van der Waals surface area contributed by atoms with Gasteiger partial charge in [0.15, 0.2) is 0 Å². The van der Waals surface area contributed by atoms with Crippen LogP contribution >= 0.6 is 7.26 Å². The molecule has 1 heterocycles. The summed E-state index contributed by atoms with van der Waals surface area (Å²) in [6, 6.07) is 0. The molecule has 0 aromatic rings. The van der Waals surface area contributed by atoms with Gasteiger partial charge in [0.2, 0.25) is 0 Å². The Balaban J connectivity index is 2.57. The normalized spacial score (nSPS) is 24.0. The van der Waals surface area contributed by atoms with Crippen LogP contribution < -0.4 is 4.72 Å². The Hall–Kier alpha value is 0.130. The second-order valence-electron chi connectivity index (χ2n) is 4.29. The van der Waals surface area contributed by atoms with E-state index in [1.165, 1.54) is 0 Å². The molecule has 0 bridgehead atoms. The number of hydrogen-bond donors (Lipinski definition) is 1. The van der Waals surface area contributed by atoms with E-state index >= 15 is 0 Å². The molecular formula is C7H15F3NO2PS. The van der Waals surface area contributed by atoms with E-state index in [4.69, 9.17) is 0 Å². The van der Waals surface area contributed by atoms with E-state index in [2.05, 4.69) is 0 Å². The molecule has 0 atom stereocenters. The Morgan fingerprint density at radius 3 is 2.13 bits per heavy atom. The van der Waals surface area contributed by atoms with Gasteiger partial charge in [-0.15, -0.1) is 0 Å². The zero-order chi connectivity index (χ0) is 11.7. The van der Waals surface area contributed by atoms with Gasteiger partial charge in [0.05, 0.1) is 0 Å². The van der Waals surface area contributed by atoms with Crippen LogP contribution in [0.15, 0.2) is 0 Å². The molecule has 1 N–H and O–H groups in total. The number of alkyl halides is 3. The Bertz CT molecular complexity index is 322. The Kier molecular flexibility index (Phi) is 3.68. The number of hydrogen-bond acceptors (Lipinski definition) is 2. The van der Waals surface area contributed by atoms with Gasteiger partial charge in [0, 0.05) is 0 Å². The van der Waals surface area contributed by atoms with Crippen LogP contribution in [0.25, 0.3) is 0 Å². The summed E-state index contributed by atoms with van der Waals surface area (Å²) in [6.45, 7) is 1.94. The van der Waals surface area contributed by atoms with Gasteiger partial charge in [0.1, 0.15) is 0 Å². The molecule has 3 nitrogen and oxygen atoms in total. The zero-order valence-electron chi connectivity index (χ0n) is 8.39. The number of sulfonamides is 1. The van der Waals surface area contributed by atoms with Crippen molar-refractivity contribution in [3.8, 4) is 0 Å². The minimum absolute atomic E-state index is 0.00877. The first-order valence-corrected chi connectivity index (χ1v) is 9.33. The van der Waals surface area contributed by atoms with Crippen molar-refractivity contribution in [2.24, 2.45) is 0 Å². The van der Waals surface area contributed by atoms with E-state index in [1.807, 2.05) is 6.66 Å². The molecule has 0 aliphatic carbocycles. The average molecular weight is 265 g/mol. The molecule has 8 heteroatoms. The van der Waals surface area contributed by atoms with Crippen molar-refractivity contribution < 1.29 is 21.6 Å². The summed E-state index contributed by atoms with van der Waals surface area (Å²) in [6.07, 6.45) is 3.85. The van der Waals surface area contributed by atoms with Crippen LogP contribution in [0, 0.1) is 0 Å². The van der Waals surface area contributed by atoms with Gasteiger partial charge in [-0.05, 0) is 0 Å². The van der Waals surface area contributed by atoms with Crippen molar-refractivity contribution >= 4 is 17.3 Å². The number of halogens is 3. The summed E-state index contributed by atoms with van der Waals surface area (Å²) in [5, 5.41) is 0. The van der Waals surface area contributed by atoms with Crippen molar-refractivity contribution in [2.45, 2.75) is 18.3 Å². The molecule has 0 aromatic carbocycles. The first kappa shape index (κ1) is 13.2. The van der Waals surface area contributed by atoms with Crippen LogP contribution in [0.4, 0.5) is 13.2 Å². The molecule has 0 amide bonds. The van der Waals surface area contributed by atoms with Crippen LogP contribution in [-0.2, 0) is 10.0 Å². The van der Waals surface area contributed by atoms with Gasteiger partial charge in [-0.1, -0.05) is 0 Å². The standard InChI is InChI=1S/C7H15F3NO2PS/c1-14(4-2-3-5-14)6-11-15(12,13)7(8,9)10/h11,14H,2-6H2,1H3. The van der Waals surface area contributed by atoms with Crippen molar-refractivity contribution in [1.29, 1.82) is 0 Å². The van der Waals surface area contributed by atoms with E-state index in [-0.39, 0.29) is 6.29 Å². The number of nitrogens with one attached hydrogen (secondary N) is 1. The summed E-state index contributed by atoms with van der Waals surface area (Å²) in [7, 11) is -6.90. The van der Waals surface area contributed by atoms with Crippen LogP contribution in [0.2, 0.25) is 0 Å². The van der Waals surface area contributed by atoms with E-state index in [1.54, 1.807) is 4.72 Å². The van der Waals surface area contributed by atoms with Gasteiger partial charge in [-0.25, -0.2) is 0 Å². The molecule has 1 rings (SSSR count). The van der Waals surface area contributed by atoms with Gasteiger partial charge < -0.3 is 0 Å². The summed E-state index contributed by atoms with van der Waals surface area (Å²) in [5.74, 6) is 0. The quantitative estimate of drug-likeness (QED) is 0.787. The van der Waals surface area contributed by atoms with Crippen molar-refractivity contribution in [3.63, 3.8) is 0 Å². The van der Waals surface area contributed by atoms with Crippen molar-refractivity contribution in [3.05, 3.63) is 0 Å². The van der Waals surface area contributed by atoms with E-state index < -0.39 is 22.8 Å². The molecular weight excluding hydrogens is 250 g/mol. The van der Waals surface area contributed by atoms with Crippen molar-refractivity contribution in [1.82, 2.24) is 4.72 Å². The molecule has 0 unspecified atom stereocenters. The van der Waals surface area contributed by atoms with Crippen molar-refractivity contribution in [2.75, 3.05) is 25.3 Å². The first-order valence-electron chi connectivity index (χ1n) is 4.72. The van der Waals surface area contributed by atoms with Gasteiger partial charge in [-0.2, -0.15) is 0 Å². The van der Waals surface area contributed by atoms with E-state index in [9.17, 15) is 21.6 Å². The zero-order valence-corrected chi connectivity index (χ0v) is 10.2. The molecule has 0 saturated carbocycles. The van der Waals surface area contributed by atoms with Crippen LogP contribution in [0.3, 0.4) is 0 Å². The van der Waals surface area contributed by atoms with E-state index in [0.29, 0.717) is 0 Å². The summed E-state index contributed by atoms with van der Waals surface area (Å²) < 4.78 is 59.2. The topological polar surface area (TPSA) is 46.2 Å². The first-order chi connectivity index (χ1) is 6.66. The Morgan fingerprint density at radius 1 is 1.27 bits per heavy atom. The Morgan fingerprint density at radius 2 is 1.73 bits per heavy atom. The predicted molar refractivity (Wildman–Crippen MR) is 56.2 cm³/mol. The molecule has 0 radical (unpaired) electrons. The maximum absolute atomic E-state index is 12.0. The fraction of sp³-hybridized carbons (Fsp3) is 1.00. The second-order valence-corrected chi connectivity index (χ2v) is 11.0. The second kappa shape index (κ2) is 4.18. The predicted octanol–water partition coefficient (Wildman–Crippen LogP) is 1.56. The van der Waals surface area contributed by atoms with Gasteiger partial charge in [-0.3, -0.25) is 0 Å². The SMILES string of the molecule is C[PH]1(CNS(=O)(=O)C(F)(F)F)CCCC1. The molecule has 92 valence electrons. The molecule has 15 heavy (non-hydrogen) atoms. The minimum atomic E-state index is -5.18. The van der Waals surface area contributed by atoms with E-state index in [0.717, 1.165) is 25.2 Å². The average Bonchev–Trinajstić information content (AvgIpc) is 2.48. The third kappa shape index (κ3) is 3.29. The number of rotatable bonds is 3. The summed E-state index contributed by atoms with van der Waals surface area (Å²) >= 11 is 0. The van der Waals surface area contributed by atoms with Crippen LogP contribution in [0.1, 0.15) is 12.8 Å². The van der Waals surface area contributed by atoms with Crippen LogP contribution in [0.5, 0.6) is 0 Å². The maximum atomic E-state index is 12.0. The van der Waals surface area contributed by atoms with Gasteiger partial charge in [0.25, 0.3) is 0 Å². The molecule has 1 aliphatic rings. The summed E-state index contributed by atoms with van der Waals surface area (Å²) in [4.78, 5) is 0. The third-order valence-electron chi connectivity index (χ3n) is 2.80. The molecule has 1 saturated heterocycles. The third-order valence-corrected chi connectivity index (χ3v) is 8.35. The molecule has 1 aliphatic heterocycles. The fourth-order valence-electron chi connectivity index (χ4n) is 1.76. The fourth-order valence-corrected chi connectivity index (χ4v) is 6.88. The Labute approximate surface area is 87.8 Å².